The highest BCUT2D eigenvalue weighted by Gasteiger charge is 2.49. The second-order valence-electron chi connectivity index (χ2n) is 5.18. The minimum absolute atomic E-state index is 0.0540. The zero-order chi connectivity index (χ0) is 14.9. The lowest BCUT2D eigenvalue weighted by atomic mass is 9.80. The van der Waals surface area contributed by atoms with Crippen molar-refractivity contribution in [3.8, 4) is 0 Å². The Morgan fingerprint density at radius 2 is 2.15 bits per heavy atom. The van der Waals surface area contributed by atoms with E-state index in [0.717, 1.165) is 5.69 Å². The molecule has 2 aliphatic rings. The van der Waals surface area contributed by atoms with Crippen LogP contribution < -0.4 is 11.1 Å². The van der Waals surface area contributed by atoms with Gasteiger partial charge in [0.05, 0.1) is 17.7 Å². The lowest BCUT2D eigenvalue weighted by molar-refractivity contribution is -0.142. The summed E-state index contributed by atoms with van der Waals surface area (Å²) in [6.45, 7) is 6.52. The number of hydrogen-bond donors (Lipinski definition) is 2. The lowest BCUT2D eigenvalue weighted by Crippen LogP contribution is -2.64. The SMILES string of the molecule is CC.CN1Cc2cc(C(N)=O)nn2CC2(CNC2=O)C1. The van der Waals surface area contributed by atoms with E-state index in [1.54, 1.807) is 10.7 Å². The average molecular weight is 279 g/mol. The number of β-lactam (4-membered cyclic amide) rings is 1. The first-order valence-electron chi connectivity index (χ1n) is 6.84. The number of aromatic nitrogens is 2. The summed E-state index contributed by atoms with van der Waals surface area (Å²) < 4.78 is 1.74. The van der Waals surface area contributed by atoms with Gasteiger partial charge in [-0.15, -0.1) is 0 Å². The number of nitrogens with two attached hydrogens (primary N) is 1. The molecule has 0 aliphatic carbocycles. The van der Waals surface area contributed by atoms with Crippen LogP contribution in [0.2, 0.25) is 0 Å². The molecule has 1 saturated heterocycles. The van der Waals surface area contributed by atoms with Crippen molar-refractivity contribution in [3.05, 3.63) is 17.5 Å². The summed E-state index contributed by atoms with van der Waals surface area (Å²) in [4.78, 5) is 25.0. The quantitative estimate of drug-likeness (QED) is 0.682. The minimum atomic E-state index is -0.537. The van der Waals surface area contributed by atoms with Crippen molar-refractivity contribution >= 4 is 11.8 Å². The topological polar surface area (TPSA) is 93.2 Å². The van der Waals surface area contributed by atoms with Gasteiger partial charge in [-0.3, -0.25) is 19.2 Å². The Morgan fingerprint density at radius 1 is 1.45 bits per heavy atom. The molecule has 3 N–H and O–H groups in total. The van der Waals surface area contributed by atoms with Crippen molar-refractivity contribution in [2.45, 2.75) is 26.9 Å². The number of primary amides is 1. The van der Waals surface area contributed by atoms with Crippen LogP contribution >= 0.6 is 0 Å². The van der Waals surface area contributed by atoms with Crippen molar-refractivity contribution in [2.75, 3.05) is 20.1 Å². The molecule has 1 aromatic rings. The summed E-state index contributed by atoms with van der Waals surface area (Å²) in [5.74, 6) is -0.483. The third-order valence-corrected chi connectivity index (χ3v) is 3.64. The van der Waals surface area contributed by atoms with Gasteiger partial charge in [0.15, 0.2) is 0 Å². The van der Waals surface area contributed by atoms with Crippen LogP contribution in [0.15, 0.2) is 6.07 Å². The molecule has 7 heteroatoms. The van der Waals surface area contributed by atoms with E-state index in [1.807, 2.05) is 20.9 Å². The van der Waals surface area contributed by atoms with E-state index >= 15 is 0 Å². The van der Waals surface area contributed by atoms with E-state index in [4.69, 9.17) is 5.73 Å². The number of nitrogens with one attached hydrogen (secondary N) is 1. The van der Waals surface area contributed by atoms with Crippen LogP contribution in [0.5, 0.6) is 0 Å². The van der Waals surface area contributed by atoms with E-state index < -0.39 is 11.3 Å². The summed E-state index contributed by atoms with van der Waals surface area (Å²) in [6.07, 6.45) is 0. The molecule has 2 amide bonds. The monoisotopic (exact) mass is 279 g/mol. The summed E-state index contributed by atoms with van der Waals surface area (Å²) in [6, 6.07) is 1.70. The third kappa shape index (κ3) is 2.29. The van der Waals surface area contributed by atoms with Crippen LogP contribution in [-0.4, -0.2) is 46.6 Å². The van der Waals surface area contributed by atoms with Gasteiger partial charge in [0.2, 0.25) is 5.91 Å². The van der Waals surface area contributed by atoms with Gasteiger partial charge < -0.3 is 11.1 Å². The van der Waals surface area contributed by atoms with E-state index in [2.05, 4.69) is 15.3 Å². The van der Waals surface area contributed by atoms with Gasteiger partial charge in [0.25, 0.3) is 5.91 Å². The first-order chi connectivity index (χ1) is 9.50. The van der Waals surface area contributed by atoms with E-state index in [9.17, 15) is 9.59 Å². The number of rotatable bonds is 1. The van der Waals surface area contributed by atoms with Crippen molar-refractivity contribution < 1.29 is 9.59 Å². The molecule has 7 nitrogen and oxygen atoms in total. The first kappa shape index (κ1) is 14.5. The van der Waals surface area contributed by atoms with Gasteiger partial charge in [-0.1, -0.05) is 13.8 Å². The standard InChI is InChI=1S/C11H15N5O2.C2H6/c1-15-3-7-2-8(9(12)17)14-16(7)6-11(5-15)4-13-10(11)18;1-2/h2H,3-6H2,1H3,(H2,12,17)(H,13,18);1-2H3. The maximum absolute atomic E-state index is 11.8. The van der Waals surface area contributed by atoms with Gasteiger partial charge in [-0.25, -0.2) is 0 Å². The lowest BCUT2D eigenvalue weighted by Gasteiger charge is -2.41. The Balaban J connectivity index is 0.000000704. The largest absolute Gasteiger partial charge is 0.364 e. The molecule has 1 spiro atoms. The maximum atomic E-state index is 11.8. The second-order valence-corrected chi connectivity index (χ2v) is 5.18. The highest BCUT2D eigenvalue weighted by Crippen LogP contribution is 2.31. The zero-order valence-corrected chi connectivity index (χ0v) is 12.1. The van der Waals surface area contributed by atoms with Gasteiger partial charge >= 0.3 is 0 Å². The number of amides is 2. The fourth-order valence-electron chi connectivity index (χ4n) is 2.69. The van der Waals surface area contributed by atoms with Crippen molar-refractivity contribution in [1.82, 2.24) is 20.0 Å². The molecule has 0 aromatic carbocycles. The summed E-state index contributed by atoms with van der Waals surface area (Å²) in [5.41, 5.74) is 6.00. The second kappa shape index (κ2) is 5.24. The molecule has 0 saturated carbocycles. The van der Waals surface area contributed by atoms with Gasteiger partial charge in [0.1, 0.15) is 5.69 Å². The third-order valence-electron chi connectivity index (χ3n) is 3.64. The predicted octanol–water partition coefficient (Wildman–Crippen LogP) is -0.430. The molecule has 1 unspecified atom stereocenters. The normalized spacial score (nSPS) is 24.9. The molecule has 0 radical (unpaired) electrons. The Bertz CT molecular complexity index is 539. The minimum Gasteiger partial charge on any atom is -0.364 e. The summed E-state index contributed by atoms with van der Waals surface area (Å²) in [5, 5.41) is 6.97. The van der Waals surface area contributed by atoms with Crippen molar-refractivity contribution in [2.24, 2.45) is 11.1 Å². The Labute approximate surface area is 118 Å². The molecule has 0 bridgehead atoms. The van der Waals surface area contributed by atoms with Crippen molar-refractivity contribution in [3.63, 3.8) is 0 Å². The van der Waals surface area contributed by atoms with Crippen LogP contribution in [0.1, 0.15) is 30.0 Å². The highest BCUT2D eigenvalue weighted by molar-refractivity contribution is 5.91. The first-order valence-corrected chi connectivity index (χ1v) is 6.84. The van der Waals surface area contributed by atoms with Crippen LogP contribution in [0.25, 0.3) is 0 Å². The number of carbonyl (C=O) groups is 2. The van der Waals surface area contributed by atoms with E-state index in [0.29, 0.717) is 26.2 Å². The van der Waals surface area contributed by atoms with Crippen LogP contribution in [0.3, 0.4) is 0 Å². The smallest absolute Gasteiger partial charge is 0.269 e. The van der Waals surface area contributed by atoms with Gasteiger partial charge in [-0.2, -0.15) is 5.10 Å². The fraction of sp³-hybridized carbons (Fsp3) is 0.615. The van der Waals surface area contributed by atoms with Crippen LogP contribution in [0, 0.1) is 5.41 Å². The van der Waals surface area contributed by atoms with E-state index in [-0.39, 0.29) is 11.6 Å². The molecular formula is C13H21N5O2. The fourth-order valence-corrected chi connectivity index (χ4v) is 2.69. The molecule has 20 heavy (non-hydrogen) atoms. The zero-order valence-electron chi connectivity index (χ0n) is 12.1. The average Bonchev–Trinajstić information content (AvgIpc) is 2.75. The van der Waals surface area contributed by atoms with Gasteiger partial charge in [0, 0.05) is 19.6 Å². The molecule has 2 aliphatic heterocycles. The van der Waals surface area contributed by atoms with E-state index in [1.165, 1.54) is 0 Å². The molecular weight excluding hydrogens is 258 g/mol. The van der Waals surface area contributed by atoms with Crippen LogP contribution in [0.4, 0.5) is 0 Å². The van der Waals surface area contributed by atoms with Crippen LogP contribution in [-0.2, 0) is 17.9 Å². The molecule has 110 valence electrons. The molecule has 1 atom stereocenters. The summed E-state index contributed by atoms with van der Waals surface area (Å²) in [7, 11) is 1.96. The Morgan fingerprint density at radius 3 is 2.65 bits per heavy atom. The van der Waals surface area contributed by atoms with Gasteiger partial charge in [-0.05, 0) is 13.1 Å². The molecule has 3 heterocycles. The summed E-state index contributed by atoms with van der Waals surface area (Å²) >= 11 is 0. The maximum Gasteiger partial charge on any atom is 0.269 e. The number of hydrogen-bond acceptors (Lipinski definition) is 4. The molecule has 1 aromatic heterocycles. The number of fused-ring (bicyclic) bond motifs is 1. The highest BCUT2D eigenvalue weighted by atomic mass is 16.2. The Kier molecular flexibility index (Phi) is 3.80. The molecule has 3 rings (SSSR count). The van der Waals surface area contributed by atoms with Crippen molar-refractivity contribution in [1.29, 1.82) is 0 Å². The molecule has 1 fully saturated rings. The Hall–Kier alpha value is -1.89. The number of nitrogens with zero attached hydrogens (tertiary/aromatic N) is 3. The predicted molar refractivity (Wildman–Crippen MR) is 73.9 cm³/mol. The number of carbonyl (C=O) groups excluding carboxylic acids is 2.